The van der Waals surface area contributed by atoms with E-state index in [0.717, 1.165) is 12.0 Å². The molecule has 0 fully saturated rings. The zero-order valence-electron chi connectivity index (χ0n) is 13.0. The van der Waals surface area contributed by atoms with Gasteiger partial charge in [0.25, 0.3) is 5.91 Å². The third-order valence-electron chi connectivity index (χ3n) is 3.21. The average Bonchev–Trinajstić information content (AvgIpc) is 2.49. The van der Waals surface area contributed by atoms with Crippen molar-refractivity contribution in [2.45, 2.75) is 32.9 Å². The molecule has 6 nitrogen and oxygen atoms in total. The van der Waals surface area contributed by atoms with Gasteiger partial charge in [0.15, 0.2) is 18.1 Å². The van der Waals surface area contributed by atoms with E-state index in [-0.39, 0.29) is 19.3 Å². The first-order valence-electron chi connectivity index (χ1n) is 7.32. The van der Waals surface area contributed by atoms with Crippen LogP contribution in [0.15, 0.2) is 12.1 Å². The fourth-order valence-electron chi connectivity index (χ4n) is 1.93. The van der Waals surface area contributed by atoms with Crippen LogP contribution in [0, 0.1) is 0 Å². The molecule has 0 saturated carbocycles. The molecule has 1 rings (SSSR count). The Balaban J connectivity index is 2.90. The Morgan fingerprint density at radius 2 is 2.05 bits per heavy atom. The highest BCUT2D eigenvalue weighted by atomic mass is 35.5. The Hall–Kier alpha value is -1.50. The number of ether oxygens (including phenoxy) is 2. The minimum absolute atomic E-state index is 0.117. The maximum Gasteiger partial charge on any atom is 0.255 e. The largest absolute Gasteiger partial charge is 0.490 e. The lowest BCUT2D eigenvalue weighted by atomic mass is 10.1. The monoisotopic (exact) mass is 331 g/mol. The third kappa shape index (κ3) is 5.71. The van der Waals surface area contributed by atoms with Gasteiger partial charge in [0.1, 0.15) is 12.6 Å². The van der Waals surface area contributed by atoms with Crippen LogP contribution in [-0.2, 0) is 11.3 Å². The molecule has 0 spiro atoms. The molecule has 1 aromatic carbocycles. The van der Waals surface area contributed by atoms with Crippen LogP contribution in [0.2, 0.25) is 5.02 Å². The molecule has 0 saturated heterocycles. The lowest BCUT2D eigenvalue weighted by Gasteiger charge is -2.15. The van der Waals surface area contributed by atoms with Crippen LogP contribution in [0.4, 0.5) is 0 Å². The van der Waals surface area contributed by atoms with Gasteiger partial charge in [-0.05, 0) is 19.4 Å². The molecule has 0 aliphatic carbocycles. The number of quaternary nitrogens is 1. The second kappa shape index (κ2) is 9.50. The van der Waals surface area contributed by atoms with Crippen LogP contribution in [0.25, 0.3) is 0 Å². The maximum atomic E-state index is 10.8. The smallest absolute Gasteiger partial charge is 0.255 e. The normalized spacial score (nSPS) is 12.0. The molecule has 0 radical (unpaired) electrons. The molecule has 7 heteroatoms. The van der Waals surface area contributed by atoms with Crippen molar-refractivity contribution in [3.63, 3.8) is 0 Å². The predicted molar refractivity (Wildman–Crippen MR) is 84.1 cm³/mol. The van der Waals surface area contributed by atoms with E-state index in [9.17, 15) is 9.90 Å². The number of halogens is 1. The number of hydrogen-bond donors (Lipinski definition) is 3. The van der Waals surface area contributed by atoms with E-state index < -0.39 is 5.91 Å². The lowest BCUT2D eigenvalue weighted by molar-refractivity contribution is -0.706. The number of rotatable bonds is 10. The van der Waals surface area contributed by atoms with Crippen molar-refractivity contribution < 1.29 is 24.7 Å². The Labute approximate surface area is 135 Å². The molecule has 1 amide bonds. The number of amides is 1. The highest BCUT2D eigenvalue weighted by Gasteiger charge is 2.15. The minimum Gasteiger partial charge on any atom is -0.490 e. The van der Waals surface area contributed by atoms with Gasteiger partial charge >= 0.3 is 0 Å². The number of aliphatic hydroxyl groups is 1. The Morgan fingerprint density at radius 3 is 2.59 bits per heavy atom. The van der Waals surface area contributed by atoms with Crippen LogP contribution in [0.1, 0.15) is 25.8 Å². The van der Waals surface area contributed by atoms with E-state index >= 15 is 0 Å². The second-order valence-electron chi connectivity index (χ2n) is 4.87. The lowest BCUT2D eigenvalue weighted by Crippen LogP contribution is -2.89. The number of carbonyl (C=O) groups is 1. The molecule has 0 aliphatic heterocycles. The van der Waals surface area contributed by atoms with Gasteiger partial charge in [0.05, 0.1) is 18.2 Å². The van der Waals surface area contributed by atoms with Crippen molar-refractivity contribution in [2.75, 3.05) is 19.8 Å². The number of benzene rings is 1. The van der Waals surface area contributed by atoms with Crippen molar-refractivity contribution in [3.05, 3.63) is 22.7 Å². The van der Waals surface area contributed by atoms with Gasteiger partial charge < -0.3 is 25.6 Å². The predicted octanol–water partition coefficient (Wildman–Crippen LogP) is 0.437. The standard InChI is InChI=1S/C15H23ClN2O4/c1-3-11(8-19)18-7-10-5-13(21-4-2)14(6-12(10)16)22-9-15(17)20/h5-6,11,18-19H,3-4,7-9H2,1-2H3,(H2,17,20)/p+1/t11-/m1/s1. The summed E-state index contributed by atoms with van der Waals surface area (Å²) in [5, 5.41) is 11.8. The first kappa shape index (κ1) is 18.5. The van der Waals surface area contributed by atoms with E-state index in [1.165, 1.54) is 0 Å². The fourth-order valence-corrected chi connectivity index (χ4v) is 2.16. The molecular weight excluding hydrogens is 308 g/mol. The summed E-state index contributed by atoms with van der Waals surface area (Å²) in [6.45, 7) is 4.85. The van der Waals surface area contributed by atoms with Crippen molar-refractivity contribution in [2.24, 2.45) is 5.73 Å². The maximum absolute atomic E-state index is 10.8. The van der Waals surface area contributed by atoms with Crippen LogP contribution >= 0.6 is 11.6 Å². The fraction of sp³-hybridized carbons (Fsp3) is 0.533. The Morgan fingerprint density at radius 1 is 1.36 bits per heavy atom. The highest BCUT2D eigenvalue weighted by Crippen LogP contribution is 2.33. The molecule has 124 valence electrons. The van der Waals surface area contributed by atoms with Crippen molar-refractivity contribution >= 4 is 17.5 Å². The quantitative estimate of drug-likeness (QED) is 0.579. The zero-order chi connectivity index (χ0) is 16.5. The van der Waals surface area contributed by atoms with Gasteiger partial charge in [-0.15, -0.1) is 0 Å². The molecule has 5 N–H and O–H groups in total. The number of aliphatic hydroxyl groups excluding tert-OH is 1. The molecule has 0 aromatic heterocycles. The summed E-state index contributed by atoms with van der Waals surface area (Å²) in [5.41, 5.74) is 5.96. The average molecular weight is 332 g/mol. The van der Waals surface area contributed by atoms with Gasteiger partial charge in [-0.1, -0.05) is 18.5 Å². The van der Waals surface area contributed by atoms with Crippen LogP contribution in [0.3, 0.4) is 0 Å². The minimum atomic E-state index is -0.565. The first-order valence-corrected chi connectivity index (χ1v) is 7.70. The summed E-state index contributed by atoms with van der Waals surface area (Å²) in [6, 6.07) is 3.55. The SMILES string of the molecule is CCOc1cc(C[NH2+][C@H](CC)CO)c(Cl)cc1OCC(N)=O. The van der Waals surface area contributed by atoms with E-state index in [4.69, 9.17) is 26.8 Å². The summed E-state index contributed by atoms with van der Waals surface area (Å²) >= 11 is 6.25. The number of carbonyl (C=O) groups excluding carboxylic acids is 1. The summed E-state index contributed by atoms with van der Waals surface area (Å²) < 4.78 is 10.8. The van der Waals surface area contributed by atoms with Gasteiger partial charge in [-0.25, -0.2) is 0 Å². The van der Waals surface area contributed by atoms with Gasteiger partial charge in [-0.2, -0.15) is 0 Å². The first-order chi connectivity index (χ1) is 10.5. The Bertz CT molecular complexity index is 493. The molecule has 0 heterocycles. The Kier molecular flexibility index (Phi) is 8.01. The topological polar surface area (TPSA) is 98.4 Å². The number of nitrogens with two attached hydrogens (primary N) is 2. The summed E-state index contributed by atoms with van der Waals surface area (Å²) in [5.74, 6) is 0.349. The van der Waals surface area contributed by atoms with Gasteiger partial charge in [0.2, 0.25) is 0 Å². The van der Waals surface area contributed by atoms with E-state index in [2.05, 4.69) is 0 Å². The van der Waals surface area contributed by atoms with E-state index in [1.54, 1.807) is 12.1 Å². The van der Waals surface area contributed by atoms with Crippen molar-refractivity contribution in [1.82, 2.24) is 0 Å². The van der Waals surface area contributed by atoms with Crippen LogP contribution < -0.4 is 20.5 Å². The van der Waals surface area contributed by atoms with E-state index in [1.807, 2.05) is 19.2 Å². The molecule has 0 aliphatic rings. The summed E-state index contributed by atoms with van der Waals surface area (Å²) in [6.07, 6.45) is 0.867. The number of primary amides is 1. The highest BCUT2D eigenvalue weighted by molar-refractivity contribution is 6.31. The number of hydrogen-bond acceptors (Lipinski definition) is 4. The zero-order valence-corrected chi connectivity index (χ0v) is 13.7. The van der Waals surface area contributed by atoms with Gasteiger partial charge in [0, 0.05) is 11.6 Å². The van der Waals surface area contributed by atoms with Crippen molar-refractivity contribution in [3.8, 4) is 11.5 Å². The second-order valence-corrected chi connectivity index (χ2v) is 5.28. The summed E-state index contributed by atoms with van der Waals surface area (Å²) in [7, 11) is 0. The molecule has 22 heavy (non-hydrogen) atoms. The molecule has 0 unspecified atom stereocenters. The van der Waals surface area contributed by atoms with Crippen molar-refractivity contribution in [1.29, 1.82) is 0 Å². The molecule has 1 aromatic rings. The van der Waals surface area contributed by atoms with E-state index in [0.29, 0.717) is 29.7 Å². The molecule has 0 bridgehead atoms. The van der Waals surface area contributed by atoms with Crippen LogP contribution in [0.5, 0.6) is 11.5 Å². The summed E-state index contributed by atoms with van der Waals surface area (Å²) in [4.78, 5) is 10.8. The van der Waals surface area contributed by atoms with Gasteiger partial charge in [-0.3, -0.25) is 4.79 Å². The molecule has 1 atom stereocenters. The third-order valence-corrected chi connectivity index (χ3v) is 3.56. The molecular formula is C15H24ClN2O4+. The van der Waals surface area contributed by atoms with Crippen LogP contribution in [-0.4, -0.2) is 36.9 Å².